The quantitative estimate of drug-likeness (QED) is 0.323. The zero-order valence-corrected chi connectivity index (χ0v) is 19.1. The summed E-state index contributed by atoms with van der Waals surface area (Å²) in [5, 5.41) is 9.47. The zero-order valence-electron chi connectivity index (χ0n) is 18.3. The molecule has 2 amide bonds. The first kappa shape index (κ1) is 22.5. The second-order valence-electron chi connectivity index (χ2n) is 7.37. The molecular formula is C23H24ClN7O2. The molecule has 0 bridgehead atoms. The third kappa shape index (κ3) is 5.57. The van der Waals surface area contributed by atoms with Crippen LogP contribution in [0.3, 0.4) is 0 Å². The summed E-state index contributed by atoms with van der Waals surface area (Å²) in [6, 6.07) is 13.9. The molecule has 0 radical (unpaired) electrons. The van der Waals surface area contributed by atoms with Crippen LogP contribution in [0.1, 0.15) is 6.42 Å². The number of carbonyl (C=O) groups is 1. The number of carbonyl (C=O) groups excluding carboxylic acids is 1. The molecule has 0 unspecified atom stereocenters. The van der Waals surface area contributed by atoms with Gasteiger partial charge in [-0.15, -0.1) is 0 Å². The molecule has 2 heterocycles. The number of methoxy groups -OCH3 is 1. The Morgan fingerprint density at radius 2 is 1.85 bits per heavy atom. The summed E-state index contributed by atoms with van der Waals surface area (Å²) < 4.78 is 6.96. The van der Waals surface area contributed by atoms with E-state index < -0.39 is 0 Å². The lowest BCUT2D eigenvalue weighted by Gasteiger charge is -2.11. The normalized spacial score (nSPS) is 10.9. The summed E-state index contributed by atoms with van der Waals surface area (Å²) in [5.41, 5.74) is 3.39. The van der Waals surface area contributed by atoms with Crippen molar-refractivity contribution in [3.63, 3.8) is 0 Å². The van der Waals surface area contributed by atoms with E-state index in [9.17, 15) is 4.79 Å². The van der Waals surface area contributed by atoms with Gasteiger partial charge < -0.3 is 25.3 Å². The SMILES string of the molecule is COCCCNc1nc(-c2cccc(NC(=O)Nc3cccc(Cl)c3)c2)nc2c1ncn2C. The summed E-state index contributed by atoms with van der Waals surface area (Å²) in [6.07, 6.45) is 2.55. The van der Waals surface area contributed by atoms with Crippen LogP contribution in [-0.4, -0.2) is 45.8 Å². The number of hydrogen-bond donors (Lipinski definition) is 3. The number of fused-ring (bicyclic) bond motifs is 1. The molecular weight excluding hydrogens is 442 g/mol. The maximum absolute atomic E-state index is 12.4. The standard InChI is InChI=1S/C23H24ClN7O2/c1-31-14-26-19-21(25-10-5-11-33-2)29-20(30-22(19)31)15-6-3-8-17(12-15)27-23(32)28-18-9-4-7-16(24)13-18/h3-4,6-9,12-14H,5,10-11H2,1-2H3,(H,25,29,30)(H2,27,28,32). The van der Waals surface area contributed by atoms with Crippen LogP contribution >= 0.6 is 11.6 Å². The summed E-state index contributed by atoms with van der Waals surface area (Å²) >= 11 is 5.98. The van der Waals surface area contributed by atoms with Gasteiger partial charge in [-0.3, -0.25) is 0 Å². The van der Waals surface area contributed by atoms with Crippen LogP contribution in [-0.2, 0) is 11.8 Å². The summed E-state index contributed by atoms with van der Waals surface area (Å²) in [7, 11) is 3.56. The summed E-state index contributed by atoms with van der Waals surface area (Å²) in [5.74, 6) is 1.18. The summed E-state index contributed by atoms with van der Waals surface area (Å²) in [4.78, 5) is 26.2. The number of ether oxygens (including phenoxy) is 1. The molecule has 2 aromatic heterocycles. The molecule has 9 nitrogen and oxygen atoms in total. The Hall–Kier alpha value is -3.69. The lowest BCUT2D eigenvalue weighted by molar-refractivity contribution is 0.198. The van der Waals surface area contributed by atoms with Crippen molar-refractivity contribution < 1.29 is 9.53 Å². The van der Waals surface area contributed by atoms with Crippen LogP contribution in [0, 0.1) is 0 Å². The third-order valence-electron chi connectivity index (χ3n) is 4.84. The fraction of sp³-hybridized carbons (Fsp3) is 0.217. The first-order valence-corrected chi connectivity index (χ1v) is 10.8. The molecule has 0 spiro atoms. The van der Waals surface area contributed by atoms with Crippen molar-refractivity contribution in [2.24, 2.45) is 7.05 Å². The number of anilines is 3. The molecule has 0 saturated carbocycles. The molecule has 3 N–H and O–H groups in total. The summed E-state index contributed by atoms with van der Waals surface area (Å²) in [6.45, 7) is 1.35. The third-order valence-corrected chi connectivity index (χ3v) is 5.07. The Balaban J connectivity index is 1.56. The molecule has 33 heavy (non-hydrogen) atoms. The Morgan fingerprint density at radius 3 is 2.61 bits per heavy atom. The van der Waals surface area contributed by atoms with Crippen LogP contribution in [0.25, 0.3) is 22.6 Å². The Bertz CT molecular complexity index is 1270. The molecule has 0 aliphatic heterocycles. The van der Waals surface area contributed by atoms with Gasteiger partial charge >= 0.3 is 6.03 Å². The number of nitrogens with zero attached hydrogens (tertiary/aromatic N) is 4. The highest BCUT2D eigenvalue weighted by atomic mass is 35.5. The topological polar surface area (TPSA) is 106 Å². The second kappa shape index (κ2) is 10.3. The average Bonchev–Trinajstić information content (AvgIpc) is 3.17. The maximum atomic E-state index is 12.4. The van der Waals surface area contributed by atoms with Gasteiger partial charge in [-0.1, -0.05) is 29.8 Å². The van der Waals surface area contributed by atoms with E-state index in [1.54, 1.807) is 43.8 Å². The number of benzene rings is 2. The number of aryl methyl sites for hydroxylation is 1. The van der Waals surface area contributed by atoms with Gasteiger partial charge in [-0.25, -0.2) is 19.7 Å². The second-order valence-corrected chi connectivity index (χ2v) is 7.80. The maximum Gasteiger partial charge on any atom is 0.323 e. The van der Waals surface area contributed by atoms with Gasteiger partial charge in [0.2, 0.25) is 0 Å². The van der Waals surface area contributed by atoms with Gasteiger partial charge in [0.15, 0.2) is 17.3 Å². The number of hydrogen-bond acceptors (Lipinski definition) is 6. The predicted molar refractivity (Wildman–Crippen MR) is 131 cm³/mol. The highest BCUT2D eigenvalue weighted by Crippen LogP contribution is 2.26. The number of aromatic nitrogens is 4. The van der Waals surface area contributed by atoms with Crippen LogP contribution in [0.4, 0.5) is 22.0 Å². The van der Waals surface area contributed by atoms with Gasteiger partial charge in [0, 0.05) is 49.3 Å². The van der Waals surface area contributed by atoms with Crippen LogP contribution in [0.2, 0.25) is 5.02 Å². The molecule has 170 valence electrons. The van der Waals surface area contributed by atoms with E-state index in [2.05, 4.69) is 25.9 Å². The van der Waals surface area contributed by atoms with Crippen molar-refractivity contribution >= 4 is 46.0 Å². The lowest BCUT2D eigenvalue weighted by atomic mass is 10.2. The number of amides is 2. The van der Waals surface area contributed by atoms with Gasteiger partial charge in [0.1, 0.15) is 5.52 Å². The van der Waals surface area contributed by atoms with E-state index in [0.717, 1.165) is 12.0 Å². The van der Waals surface area contributed by atoms with Crippen molar-refractivity contribution in [1.82, 2.24) is 19.5 Å². The molecule has 0 aliphatic rings. The number of urea groups is 1. The fourth-order valence-corrected chi connectivity index (χ4v) is 3.47. The molecule has 2 aromatic carbocycles. The van der Waals surface area contributed by atoms with E-state index in [-0.39, 0.29) is 6.03 Å². The molecule has 0 atom stereocenters. The Kier molecular flexibility index (Phi) is 7.01. The molecule has 4 rings (SSSR count). The molecule has 0 saturated heterocycles. The molecule has 4 aromatic rings. The van der Waals surface area contributed by atoms with E-state index >= 15 is 0 Å². The minimum atomic E-state index is -0.377. The number of nitrogens with one attached hydrogen (secondary N) is 3. The van der Waals surface area contributed by atoms with Crippen LogP contribution in [0.15, 0.2) is 54.9 Å². The van der Waals surface area contributed by atoms with Crippen molar-refractivity contribution in [2.75, 3.05) is 36.2 Å². The first-order chi connectivity index (χ1) is 16.0. The lowest BCUT2D eigenvalue weighted by Crippen LogP contribution is -2.19. The van der Waals surface area contributed by atoms with Crippen molar-refractivity contribution in [3.8, 4) is 11.4 Å². The fourth-order valence-electron chi connectivity index (χ4n) is 3.28. The Morgan fingerprint density at radius 1 is 1.09 bits per heavy atom. The van der Waals surface area contributed by atoms with Gasteiger partial charge in [-0.2, -0.15) is 0 Å². The predicted octanol–water partition coefficient (Wildman–Crippen LogP) is 4.78. The smallest absolute Gasteiger partial charge is 0.323 e. The van der Waals surface area contributed by atoms with E-state index in [1.807, 2.05) is 29.8 Å². The minimum Gasteiger partial charge on any atom is -0.385 e. The highest BCUT2D eigenvalue weighted by molar-refractivity contribution is 6.30. The zero-order chi connectivity index (χ0) is 23.2. The van der Waals surface area contributed by atoms with E-state index in [4.69, 9.17) is 21.3 Å². The monoisotopic (exact) mass is 465 g/mol. The van der Waals surface area contributed by atoms with Gasteiger partial charge in [0.25, 0.3) is 0 Å². The van der Waals surface area contributed by atoms with Crippen molar-refractivity contribution in [1.29, 1.82) is 0 Å². The number of halogens is 1. The Labute approximate surface area is 196 Å². The first-order valence-electron chi connectivity index (χ1n) is 10.4. The molecule has 0 fully saturated rings. The van der Waals surface area contributed by atoms with Gasteiger partial charge in [0.05, 0.1) is 6.33 Å². The van der Waals surface area contributed by atoms with Crippen LogP contribution in [0.5, 0.6) is 0 Å². The van der Waals surface area contributed by atoms with Gasteiger partial charge in [-0.05, 0) is 36.8 Å². The minimum absolute atomic E-state index is 0.377. The number of imidazole rings is 1. The highest BCUT2D eigenvalue weighted by Gasteiger charge is 2.14. The van der Waals surface area contributed by atoms with Crippen molar-refractivity contribution in [2.45, 2.75) is 6.42 Å². The molecule has 0 aliphatic carbocycles. The molecule has 10 heteroatoms. The van der Waals surface area contributed by atoms with Crippen molar-refractivity contribution in [3.05, 3.63) is 59.9 Å². The number of rotatable bonds is 8. The van der Waals surface area contributed by atoms with E-state index in [0.29, 0.717) is 52.4 Å². The van der Waals surface area contributed by atoms with Crippen LogP contribution < -0.4 is 16.0 Å². The van der Waals surface area contributed by atoms with E-state index in [1.165, 1.54) is 0 Å². The average molecular weight is 466 g/mol. The largest absolute Gasteiger partial charge is 0.385 e.